The molecule has 0 saturated heterocycles. The average molecular weight is 348 g/mol. The Bertz CT molecular complexity index is 726. The lowest BCUT2D eigenvalue weighted by atomic mass is 10.0. The summed E-state index contributed by atoms with van der Waals surface area (Å²) in [6, 6.07) is 5.35. The van der Waals surface area contributed by atoms with Crippen molar-refractivity contribution in [2.45, 2.75) is 33.2 Å². The van der Waals surface area contributed by atoms with Crippen LogP contribution in [-0.2, 0) is 4.74 Å². The van der Waals surface area contributed by atoms with E-state index >= 15 is 0 Å². The second-order valence-corrected chi connectivity index (χ2v) is 5.81. The molecular formula is C16H20N4O5. The summed E-state index contributed by atoms with van der Waals surface area (Å²) < 4.78 is 10.2. The third-order valence-corrected chi connectivity index (χ3v) is 3.35. The van der Waals surface area contributed by atoms with Gasteiger partial charge in [-0.2, -0.15) is 4.98 Å². The van der Waals surface area contributed by atoms with Crippen molar-refractivity contribution >= 4 is 11.8 Å². The molecular weight excluding hydrogens is 328 g/mol. The van der Waals surface area contributed by atoms with Crippen LogP contribution in [0.25, 0.3) is 11.4 Å². The Morgan fingerprint density at radius 3 is 2.60 bits per heavy atom. The summed E-state index contributed by atoms with van der Waals surface area (Å²) in [5.74, 6) is 0.834. The molecule has 9 heteroatoms. The zero-order valence-electron chi connectivity index (χ0n) is 14.3. The van der Waals surface area contributed by atoms with E-state index in [1.807, 2.05) is 13.8 Å². The maximum absolute atomic E-state index is 11.7. The van der Waals surface area contributed by atoms with Crippen LogP contribution in [-0.4, -0.2) is 27.8 Å². The van der Waals surface area contributed by atoms with Crippen LogP contribution >= 0.6 is 0 Å². The number of carbonyl (C=O) groups is 1. The van der Waals surface area contributed by atoms with Gasteiger partial charge in [0.1, 0.15) is 6.04 Å². The zero-order chi connectivity index (χ0) is 18.4. The predicted molar refractivity (Wildman–Crippen MR) is 88.7 cm³/mol. The highest BCUT2D eigenvalue weighted by Gasteiger charge is 2.23. The third kappa shape index (κ3) is 5.00. The van der Waals surface area contributed by atoms with Crippen LogP contribution in [0.5, 0.6) is 0 Å². The first-order valence-corrected chi connectivity index (χ1v) is 7.92. The Morgan fingerprint density at radius 1 is 1.36 bits per heavy atom. The third-order valence-electron chi connectivity index (χ3n) is 3.35. The largest absolute Gasteiger partial charge is 0.450 e. The Hall–Kier alpha value is -2.97. The average Bonchev–Trinajstić information content (AvgIpc) is 3.04. The van der Waals surface area contributed by atoms with Gasteiger partial charge in [0, 0.05) is 17.7 Å². The van der Waals surface area contributed by atoms with E-state index in [0.717, 1.165) is 0 Å². The minimum atomic E-state index is -0.553. The molecule has 2 rings (SSSR count). The fourth-order valence-corrected chi connectivity index (χ4v) is 2.23. The molecule has 0 aliphatic rings. The van der Waals surface area contributed by atoms with Gasteiger partial charge in [0.05, 0.1) is 11.5 Å². The van der Waals surface area contributed by atoms with Crippen molar-refractivity contribution in [2.75, 3.05) is 6.61 Å². The molecule has 0 spiro atoms. The van der Waals surface area contributed by atoms with Gasteiger partial charge in [-0.25, -0.2) is 4.79 Å². The lowest BCUT2D eigenvalue weighted by Crippen LogP contribution is -2.30. The van der Waals surface area contributed by atoms with E-state index in [1.54, 1.807) is 19.1 Å². The molecule has 1 aromatic heterocycles. The van der Waals surface area contributed by atoms with Gasteiger partial charge in [-0.05, 0) is 31.4 Å². The van der Waals surface area contributed by atoms with Gasteiger partial charge in [-0.3, -0.25) is 10.1 Å². The number of carbonyl (C=O) groups excluding carboxylic acids is 1. The van der Waals surface area contributed by atoms with Crippen LogP contribution in [0.4, 0.5) is 10.5 Å². The second kappa shape index (κ2) is 8.22. The smallest absolute Gasteiger partial charge is 0.407 e. The summed E-state index contributed by atoms with van der Waals surface area (Å²) in [6.07, 6.45) is 0.0454. The van der Waals surface area contributed by atoms with Crippen molar-refractivity contribution in [3.63, 3.8) is 0 Å². The van der Waals surface area contributed by atoms with Crippen LogP contribution in [0.1, 0.15) is 39.1 Å². The van der Waals surface area contributed by atoms with Crippen LogP contribution in [0.15, 0.2) is 28.8 Å². The van der Waals surface area contributed by atoms with Crippen molar-refractivity contribution in [1.82, 2.24) is 15.5 Å². The number of amides is 1. The quantitative estimate of drug-likeness (QED) is 0.600. The van der Waals surface area contributed by atoms with Crippen LogP contribution < -0.4 is 5.32 Å². The molecule has 0 bridgehead atoms. The number of hydrogen-bond acceptors (Lipinski definition) is 7. The molecule has 1 N–H and O–H groups in total. The molecule has 9 nitrogen and oxygen atoms in total. The fraction of sp³-hybridized carbons (Fsp3) is 0.438. The van der Waals surface area contributed by atoms with Crippen LogP contribution in [0, 0.1) is 16.0 Å². The monoisotopic (exact) mass is 348 g/mol. The highest BCUT2D eigenvalue weighted by Crippen LogP contribution is 2.24. The number of nitro benzene ring substituents is 1. The van der Waals surface area contributed by atoms with E-state index in [2.05, 4.69) is 15.5 Å². The lowest BCUT2D eigenvalue weighted by Gasteiger charge is -2.16. The molecule has 1 heterocycles. The summed E-state index contributed by atoms with van der Waals surface area (Å²) >= 11 is 0. The molecule has 0 radical (unpaired) electrons. The molecule has 1 aromatic carbocycles. The van der Waals surface area contributed by atoms with E-state index < -0.39 is 17.1 Å². The minimum absolute atomic E-state index is 0.0193. The van der Waals surface area contributed by atoms with Gasteiger partial charge in [0.15, 0.2) is 0 Å². The Kier molecular flexibility index (Phi) is 6.04. The highest BCUT2D eigenvalue weighted by atomic mass is 16.6. The number of ether oxygens (including phenoxy) is 1. The summed E-state index contributed by atoms with van der Waals surface area (Å²) in [4.78, 5) is 26.2. The normalized spacial score (nSPS) is 12.0. The van der Waals surface area contributed by atoms with Gasteiger partial charge in [-0.1, -0.05) is 19.0 Å². The van der Waals surface area contributed by atoms with E-state index in [1.165, 1.54) is 12.1 Å². The number of alkyl carbamates (subject to hydrolysis) is 1. The van der Waals surface area contributed by atoms with Gasteiger partial charge in [-0.15, -0.1) is 0 Å². The molecule has 0 saturated carbocycles. The van der Waals surface area contributed by atoms with E-state index in [-0.39, 0.29) is 24.1 Å². The molecule has 2 aromatic rings. The van der Waals surface area contributed by atoms with Crippen LogP contribution in [0.3, 0.4) is 0 Å². The number of benzene rings is 1. The summed E-state index contributed by atoms with van der Waals surface area (Å²) in [6.45, 7) is 6.00. The SMILES string of the molecule is CCOC(=O)N[C@@H](CC(C)C)c1nc(-c2ccc([N+](=O)[O-])cc2)no1. The standard InChI is InChI=1S/C16H20N4O5/c1-4-24-16(21)17-13(9-10(2)3)15-18-14(19-25-15)11-5-7-12(8-6-11)20(22)23/h5-8,10,13H,4,9H2,1-3H3,(H,17,21)/t13-/m0/s1. The lowest BCUT2D eigenvalue weighted by molar-refractivity contribution is -0.384. The molecule has 25 heavy (non-hydrogen) atoms. The minimum Gasteiger partial charge on any atom is -0.450 e. The molecule has 0 fully saturated rings. The van der Waals surface area contributed by atoms with E-state index in [9.17, 15) is 14.9 Å². The summed E-state index contributed by atoms with van der Waals surface area (Å²) in [5, 5.41) is 17.3. The van der Waals surface area contributed by atoms with Crippen molar-refractivity contribution < 1.29 is 19.0 Å². The van der Waals surface area contributed by atoms with E-state index in [0.29, 0.717) is 17.8 Å². The van der Waals surface area contributed by atoms with Gasteiger partial charge in [0.25, 0.3) is 5.69 Å². The van der Waals surface area contributed by atoms with Crippen molar-refractivity contribution in [2.24, 2.45) is 5.92 Å². The van der Waals surface area contributed by atoms with Crippen LogP contribution in [0.2, 0.25) is 0 Å². The summed E-state index contributed by atoms with van der Waals surface area (Å²) in [7, 11) is 0. The van der Waals surface area contributed by atoms with Crippen molar-refractivity contribution in [3.8, 4) is 11.4 Å². The molecule has 0 aliphatic carbocycles. The number of nitrogens with one attached hydrogen (secondary N) is 1. The number of non-ortho nitro benzene ring substituents is 1. The maximum atomic E-state index is 11.7. The Labute approximate surface area is 144 Å². The highest BCUT2D eigenvalue weighted by molar-refractivity contribution is 5.67. The first kappa shape index (κ1) is 18.4. The first-order chi connectivity index (χ1) is 11.9. The van der Waals surface area contributed by atoms with Crippen molar-refractivity contribution in [3.05, 3.63) is 40.3 Å². The second-order valence-electron chi connectivity index (χ2n) is 5.81. The summed E-state index contributed by atoms with van der Waals surface area (Å²) in [5.41, 5.74) is 0.564. The number of aromatic nitrogens is 2. The van der Waals surface area contributed by atoms with Crippen molar-refractivity contribution in [1.29, 1.82) is 0 Å². The van der Waals surface area contributed by atoms with Gasteiger partial charge < -0.3 is 14.6 Å². The van der Waals surface area contributed by atoms with Gasteiger partial charge >= 0.3 is 6.09 Å². The molecule has 1 amide bonds. The molecule has 1 atom stereocenters. The fourth-order valence-electron chi connectivity index (χ4n) is 2.23. The maximum Gasteiger partial charge on any atom is 0.407 e. The number of hydrogen-bond donors (Lipinski definition) is 1. The topological polar surface area (TPSA) is 120 Å². The first-order valence-electron chi connectivity index (χ1n) is 7.92. The Morgan fingerprint density at radius 2 is 2.04 bits per heavy atom. The number of rotatable bonds is 7. The zero-order valence-corrected chi connectivity index (χ0v) is 14.3. The molecule has 0 aliphatic heterocycles. The molecule has 134 valence electrons. The predicted octanol–water partition coefficient (Wildman–Crippen LogP) is 3.48. The Balaban J connectivity index is 2.20. The van der Waals surface area contributed by atoms with Gasteiger partial charge in [0.2, 0.25) is 11.7 Å². The number of nitrogens with zero attached hydrogens (tertiary/aromatic N) is 3. The number of nitro groups is 1. The van der Waals surface area contributed by atoms with E-state index in [4.69, 9.17) is 9.26 Å². The molecule has 0 unspecified atom stereocenters.